The van der Waals surface area contributed by atoms with Gasteiger partial charge in [-0.1, -0.05) is 30.7 Å². The van der Waals surface area contributed by atoms with E-state index in [2.05, 4.69) is 5.32 Å². The van der Waals surface area contributed by atoms with Crippen LogP contribution in [0.2, 0.25) is 0 Å². The van der Waals surface area contributed by atoms with Crippen molar-refractivity contribution < 1.29 is 22.7 Å². The van der Waals surface area contributed by atoms with Crippen molar-refractivity contribution in [2.45, 2.75) is 57.9 Å². The van der Waals surface area contributed by atoms with E-state index >= 15 is 0 Å². The number of nitrogens with one attached hydrogen (secondary N) is 1. The van der Waals surface area contributed by atoms with Gasteiger partial charge in [-0.15, -0.1) is 0 Å². The maximum Gasteiger partial charge on any atom is 0.338 e. The van der Waals surface area contributed by atoms with Crippen LogP contribution in [0.5, 0.6) is 0 Å². The molecule has 1 saturated heterocycles. The maximum absolute atomic E-state index is 13.1. The number of aryl methyl sites for hydroxylation is 3. The van der Waals surface area contributed by atoms with E-state index in [1.54, 1.807) is 13.0 Å². The van der Waals surface area contributed by atoms with Crippen LogP contribution in [0.25, 0.3) is 0 Å². The van der Waals surface area contributed by atoms with Gasteiger partial charge in [0.2, 0.25) is 10.0 Å². The zero-order valence-corrected chi connectivity index (χ0v) is 19.8. The van der Waals surface area contributed by atoms with Crippen molar-refractivity contribution >= 4 is 27.6 Å². The van der Waals surface area contributed by atoms with Crippen LogP contribution in [0.3, 0.4) is 0 Å². The minimum absolute atomic E-state index is 0.0591. The van der Waals surface area contributed by atoms with Crippen molar-refractivity contribution in [1.82, 2.24) is 4.31 Å². The van der Waals surface area contributed by atoms with Gasteiger partial charge in [0.1, 0.15) is 0 Å². The van der Waals surface area contributed by atoms with Crippen molar-refractivity contribution in [2.75, 3.05) is 18.5 Å². The molecule has 1 N–H and O–H groups in total. The van der Waals surface area contributed by atoms with Crippen LogP contribution in [0.4, 0.5) is 5.69 Å². The summed E-state index contributed by atoms with van der Waals surface area (Å²) >= 11 is 0. The molecule has 0 bridgehead atoms. The third-order valence-corrected chi connectivity index (χ3v) is 7.87. The minimum atomic E-state index is -3.72. The van der Waals surface area contributed by atoms with Crippen LogP contribution in [0.15, 0.2) is 41.3 Å². The molecule has 172 valence electrons. The van der Waals surface area contributed by atoms with E-state index in [-0.39, 0.29) is 16.5 Å². The van der Waals surface area contributed by atoms with Crippen LogP contribution in [0.1, 0.15) is 53.2 Å². The molecule has 2 aromatic carbocycles. The van der Waals surface area contributed by atoms with E-state index < -0.39 is 28.5 Å². The molecule has 1 amide bonds. The molecule has 1 aliphatic rings. The van der Waals surface area contributed by atoms with E-state index in [1.165, 1.54) is 16.4 Å². The molecule has 2 aromatic rings. The Morgan fingerprint density at radius 3 is 2.41 bits per heavy atom. The van der Waals surface area contributed by atoms with Crippen LogP contribution in [-0.2, 0) is 19.6 Å². The topological polar surface area (TPSA) is 92.8 Å². The molecule has 1 fully saturated rings. The van der Waals surface area contributed by atoms with Crippen LogP contribution >= 0.6 is 0 Å². The third kappa shape index (κ3) is 5.19. The average molecular weight is 459 g/mol. The summed E-state index contributed by atoms with van der Waals surface area (Å²) in [6, 6.07) is 10.0. The number of para-hydroxylation sites is 1. The van der Waals surface area contributed by atoms with Gasteiger partial charge in [0.25, 0.3) is 5.91 Å². The van der Waals surface area contributed by atoms with E-state index in [0.717, 1.165) is 30.4 Å². The van der Waals surface area contributed by atoms with Crippen LogP contribution in [0, 0.1) is 20.8 Å². The molecule has 1 unspecified atom stereocenters. The summed E-state index contributed by atoms with van der Waals surface area (Å²) in [6.07, 6.45) is 2.64. The highest BCUT2D eigenvalue weighted by molar-refractivity contribution is 7.89. The number of hydrogen-bond donors (Lipinski definition) is 1. The number of nitrogens with zero attached hydrogens (tertiary/aromatic N) is 1. The standard InChI is InChI=1S/C24H30N2O5S/c1-16-11-12-20(32(29,30)26-13-6-5-10-19(26)4)14-21(16)24(28)31-15-22(27)25-23-17(2)8-7-9-18(23)3/h7-9,11-12,14,19H,5-6,10,13,15H2,1-4H3,(H,25,27). The van der Waals surface area contributed by atoms with Gasteiger partial charge in [0, 0.05) is 18.3 Å². The molecule has 0 aliphatic carbocycles. The summed E-state index contributed by atoms with van der Waals surface area (Å²) in [5.74, 6) is -1.19. The molecule has 1 aliphatic heterocycles. The zero-order chi connectivity index (χ0) is 23.5. The Kier molecular flexibility index (Phi) is 7.36. The second-order valence-corrected chi connectivity index (χ2v) is 10.2. The smallest absolute Gasteiger partial charge is 0.338 e. The Balaban J connectivity index is 1.72. The molecule has 1 heterocycles. The van der Waals surface area contributed by atoms with Gasteiger partial charge in [0.15, 0.2) is 6.61 Å². The largest absolute Gasteiger partial charge is 0.452 e. The molecular formula is C24H30N2O5S. The highest BCUT2D eigenvalue weighted by Gasteiger charge is 2.31. The van der Waals surface area contributed by atoms with Crippen molar-refractivity contribution in [3.63, 3.8) is 0 Å². The zero-order valence-electron chi connectivity index (χ0n) is 19.0. The Morgan fingerprint density at radius 2 is 1.75 bits per heavy atom. The second kappa shape index (κ2) is 9.83. The molecule has 0 aromatic heterocycles. The lowest BCUT2D eigenvalue weighted by molar-refractivity contribution is -0.119. The number of carbonyl (C=O) groups is 2. The molecule has 8 heteroatoms. The number of ether oxygens (including phenoxy) is 1. The number of esters is 1. The lowest BCUT2D eigenvalue weighted by Gasteiger charge is -2.32. The molecule has 32 heavy (non-hydrogen) atoms. The molecule has 1 atom stereocenters. The molecule has 3 rings (SSSR count). The number of sulfonamides is 1. The average Bonchev–Trinajstić information content (AvgIpc) is 2.75. The lowest BCUT2D eigenvalue weighted by atomic mass is 10.1. The minimum Gasteiger partial charge on any atom is -0.452 e. The number of rotatable bonds is 6. The summed E-state index contributed by atoms with van der Waals surface area (Å²) in [5.41, 5.74) is 3.22. The monoisotopic (exact) mass is 458 g/mol. The van der Waals surface area contributed by atoms with Gasteiger partial charge in [-0.3, -0.25) is 4.79 Å². The number of anilines is 1. The summed E-state index contributed by atoms with van der Waals surface area (Å²) in [5, 5.41) is 2.76. The highest BCUT2D eigenvalue weighted by Crippen LogP contribution is 2.26. The summed E-state index contributed by atoms with van der Waals surface area (Å²) < 4.78 is 32.9. The maximum atomic E-state index is 13.1. The molecular weight excluding hydrogens is 428 g/mol. The Labute approximate surface area is 189 Å². The number of carbonyl (C=O) groups excluding carboxylic acids is 2. The molecule has 0 saturated carbocycles. The Hall–Kier alpha value is -2.71. The van der Waals surface area contributed by atoms with Crippen LogP contribution in [-0.4, -0.2) is 43.8 Å². The number of piperidine rings is 1. The van der Waals surface area contributed by atoms with Gasteiger partial charge in [-0.05, 0) is 69.4 Å². The van der Waals surface area contributed by atoms with Gasteiger partial charge in [-0.25, -0.2) is 13.2 Å². The van der Waals surface area contributed by atoms with Gasteiger partial charge in [-0.2, -0.15) is 4.31 Å². The third-order valence-electron chi connectivity index (χ3n) is 5.86. The second-order valence-electron chi connectivity index (χ2n) is 8.33. The predicted molar refractivity (Wildman–Crippen MR) is 123 cm³/mol. The summed E-state index contributed by atoms with van der Waals surface area (Å²) in [7, 11) is -3.72. The van der Waals surface area contributed by atoms with Crippen molar-refractivity contribution in [3.05, 3.63) is 58.7 Å². The number of amides is 1. The summed E-state index contributed by atoms with van der Waals surface area (Å²) in [4.78, 5) is 25.0. The molecule has 0 spiro atoms. The fourth-order valence-corrected chi connectivity index (χ4v) is 5.67. The van der Waals surface area contributed by atoms with E-state index in [0.29, 0.717) is 17.8 Å². The number of benzene rings is 2. The number of hydrogen-bond acceptors (Lipinski definition) is 5. The SMILES string of the molecule is Cc1ccc(S(=O)(=O)N2CCCCC2C)cc1C(=O)OCC(=O)Nc1c(C)cccc1C. The summed E-state index contributed by atoms with van der Waals surface area (Å²) in [6.45, 7) is 7.37. The van der Waals surface area contributed by atoms with Gasteiger partial charge < -0.3 is 10.1 Å². The highest BCUT2D eigenvalue weighted by atomic mass is 32.2. The molecule has 0 radical (unpaired) electrons. The normalized spacial score (nSPS) is 17.1. The lowest BCUT2D eigenvalue weighted by Crippen LogP contribution is -2.41. The van der Waals surface area contributed by atoms with Gasteiger partial charge in [0.05, 0.1) is 10.5 Å². The van der Waals surface area contributed by atoms with E-state index in [4.69, 9.17) is 4.74 Å². The predicted octanol–water partition coefficient (Wildman–Crippen LogP) is 3.97. The Morgan fingerprint density at radius 1 is 1.06 bits per heavy atom. The fraction of sp³-hybridized carbons (Fsp3) is 0.417. The fourth-order valence-electron chi connectivity index (χ4n) is 3.94. The van der Waals surface area contributed by atoms with Crippen molar-refractivity contribution in [2.24, 2.45) is 0 Å². The quantitative estimate of drug-likeness (QED) is 0.661. The molecule has 7 nitrogen and oxygen atoms in total. The van der Waals surface area contributed by atoms with Gasteiger partial charge >= 0.3 is 5.97 Å². The first-order valence-corrected chi connectivity index (χ1v) is 12.2. The first-order valence-electron chi connectivity index (χ1n) is 10.8. The Bertz CT molecular complexity index is 1110. The van der Waals surface area contributed by atoms with Crippen molar-refractivity contribution in [3.8, 4) is 0 Å². The van der Waals surface area contributed by atoms with Crippen LogP contribution < -0.4 is 5.32 Å². The first kappa shape index (κ1) is 23.9. The van der Waals surface area contributed by atoms with E-state index in [9.17, 15) is 18.0 Å². The first-order chi connectivity index (χ1) is 15.1. The van der Waals surface area contributed by atoms with Crippen molar-refractivity contribution in [1.29, 1.82) is 0 Å². The van der Waals surface area contributed by atoms with E-state index in [1.807, 2.05) is 39.0 Å².